The van der Waals surface area contributed by atoms with Crippen molar-refractivity contribution in [3.8, 4) is 23.0 Å². The molecule has 0 amide bonds. The highest BCUT2D eigenvalue weighted by molar-refractivity contribution is 7.89. The first kappa shape index (κ1) is 22.9. The summed E-state index contributed by atoms with van der Waals surface area (Å²) in [5, 5.41) is 0. The molecule has 0 unspecified atom stereocenters. The number of nitrogens with zero attached hydrogens (tertiary/aromatic N) is 2. The van der Waals surface area contributed by atoms with Crippen LogP contribution in [-0.4, -0.2) is 60.5 Å². The fourth-order valence-corrected chi connectivity index (χ4v) is 5.03. The van der Waals surface area contributed by atoms with Crippen molar-refractivity contribution in [3.05, 3.63) is 35.9 Å². The Bertz CT molecular complexity index is 1020. The molecule has 0 bridgehead atoms. The molecule has 8 nitrogen and oxygen atoms in total. The summed E-state index contributed by atoms with van der Waals surface area (Å²) in [6, 6.07) is 8.27. The highest BCUT2D eigenvalue weighted by Crippen LogP contribution is 2.38. The molecule has 168 valence electrons. The van der Waals surface area contributed by atoms with Crippen molar-refractivity contribution in [2.24, 2.45) is 4.99 Å². The van der Waals surface area contributed by atoms with Gasteiger partial charge in [-0.1, -0.05) is 6.42 Å². The summed E-state index contributed by atoms with van der Waals surface area (Å²) >= 11 is 0. The molecule has 0 aliphatic carbocycles. The van der Waals surface area contributed by atoms with Gasteiger partial charge in [-0.25, -0.2) is 8.42 Å². The first-order valence-electron chi connectivity index (χ1n) is 9.97. The maximum atomic E-state index is 12.9. The van der Waals surface area contributed by atoms with E-state index < -0.39 is 10.0 Å². The lowest BCUT2D eigenvalue weighted by Gasteiger charge is -2.26. The van der Waals surface area contributed by atoms with Crippen LogP contribution in [0.25, 0.3) is 0 Å². The van der Waals surface area contributed by atoms with Gasteiger partial charge in [0.1, 0.15) is 11.4 Å². The van der Waals surface area contributed by atoms with E-state index in [4.69, 9.17) is 18.9 Å². The van der Waals surface area contributed by atoms with E-state index in [0.29, 0.717) is 41.8 Å². The average molecular weight is 449 g/mol. The fourth-order valence-electron chi connectivity index (χ4n) is 3.50. The average Bonchev–Trinajstić information content (AvgIpc) is 2.82. The second-order valence-electron chi connectivity index (χ2n) is 7.02. The molecule has 2 aromatic rings. The lowest BCUT2D eigenvalue weighted by Crippen LogP contribution is -2.35. The van der Waals surface area contributed by atoms with Crippen LogP contribution in [0.15, 0.2) is 40.2 Å². The summed E-state index contributed by atoms with van der Waals surface area (Å²) in [5.74, 6) is 1.89. The Hall–Kier alpha value is -2.78. The van der Waals surface area contributed by atoms with Gasteiger partial charge < -0.3 is 18.9 Å². The van der Waals surface area contributed by atoms with Crippen molar-refractivity contribution in [1.29, 1.82) is 0 Å². The third kappa shape index (κ3) is 4.94. The fraction of sp³-hybridized carbons (Fsp3) is 0.409. The highest BCUT2D eigenvalue weighted by atomic mass is 32.2. The predicted octanol–water partition coefficient (Wildman–Crippen LogP) is 3.65. The Kier molecular flexibility index (Phi) is 7.40. The minimum atomic E-state index is -3.55. The summed E-state index contributed by atoms with van der Waals surface area (Å²) in [7, 11) is 2.57. The molecule has 2 aromatic carbocycles. The van der Waals surface area contributed by atoms with Gasteiger partial charge in [0.25, 0.3) is 0 Å². The molecule has 0 radical (unpaired) electrons. The second kappa shape index (κ2) is 10.0. The lowest BCUT2D eigenvalue weighted by molar-refractivity contribution is 0.324. The molecule has 1 saturated heterocycles. The molecule has 3 rings (SSSR count). The third-order valence-corrected chi connectivity index (χ3v) is 7.04. The van der Waals surface area contributed by atoms with Crippen molar-refractivity contribution in [1.82, 2.24) is 4.31 Å². The van der Waals surface area contributed by atoms with Crippen molar-refractivity contribution < 1.29 is 27.4 Å². The van der Waals surface area contributed by atoms with Gasteiger partial charge in [-0.2, -0.15) is 4.31 Å². The van der Waals surface area contributed by atoms with E-state index in [1.165, 1.54) is 17.5 Å². The number of methoxy groups -OCH3 is 4. The van der Waals surface area contributed by atoms with Crippen LogP contribution in [0.1, 0.15) is 24.8 Å². The number of benzene rings is 2. The SMILES string of the molecule is COc1cc(S(=O)(=O)N2CCCCC2)ccc1N=Cc1cc(OC)c(OC)c(OC)c1. The molecule has 0 N–H and O–H groups in total. The molecule has 0 saturated carbocycles. The van der Waals surface area contributed by atoms with E-state index in [1.807, 2.05) is 0 Å². The van der Waals surface area contributed by atoms with Crippen LogP contribution in [0, 0.1) is 0 Å². The van der Waals surface area contributed by atoms with Gasteiger partial charge in [-0.15, -0.1) is 0 Å². The minimum absolute atomic E-state index is 0.206. The molecule has 1 aliphatic heterocycles. The number of sulfonamides is 1. The van der Waals surface area contributed by atoms with Crippen molar-refractivity contribution in [3.63, 3.8) is 0 Å². The van der Waals surface area contributed by atoms with Gasteiger partial charge >= 0.3 is 0 Å². The number of ether oxygens (including phenoxy) is 4. The zero-order valence-corrected chi connectivity index (χ0v) is 19.1. The number of piperidine rings is 1. The van der Waals surface area contributed by atoms with E-state index in [2.05, 4.69) is 4.99 Å². The molecule has 0 spiro atoms. The van der Waals surface area contributed by atoms with Gasteiger partial charge in [-0.3, -0.25) is 4.99 Å². The molecular formula is C22H28N2O6S. The Balaban J connectivity index is 1.91. The van der Waals surface area contributed by atoms with Crippen LogP contribution in [0.2, 0.25) is 0 Å². The summed E-state index contributed by atoms with van der Waals surface area (Å²) in [6.45, 7) is 1.09. The first-order chi connectivity index (χ1) is 14.9. The predicted molar refractivity (Wildman–Crippen MR) is 119 cm³/mol. The van der Waals surface area contributed by atoms with E-state index in [1.54, 1.807) is 51.8 Å². The molecular weight excluding hydrogens is 420 g/mol. The van der Waals surface area contributed by atoms with Gasteiger partial charge in [0.2, 0.25) is 15.8 Å². The van der Waals surface area contributed by atoms with E-state index in [-0.39, 0.29) is 4.90 Å². The Labute approximate surface area is 183 Å². The maximum Gasteiger partial charge on any atom is 0.243 e. The Morgan fingerprint density at radius 2 is 1.45 bits per heavy atom. The molecule has 0 aromatic heterocycles. The smallest absolute Gasteiger partial charge is 0.243 e. The van der Waals surface area contributed by atoms with Crippen molar-refractivity contribution >= 4 is 21.9 Å². The van der Waals surface area contributed by atoms with E-state index in [9.17, 15) is 8.42 Å². The molecule has 1 fully saturated rings. The monoisotopic (exact) mass is 448 g/mol. The summed E-state index contributed by atoms with van der Waals surface area (Å²) in [6.07, 6.45) is 4.45. The van der Waals surface area contributed by atoms with Crippen molar-refractivity contribution in [2.45, 2.75) is 24.2 Å². The third-order valence-electron chi connectivity index (χ3n) is 5.14. The van der Waals surface area contributed by atoms with Crippen LogP contribution >= 0.6 is 0 Å². The Morgan fingerprint density at radius 1 is 0.839 bits per heavy atom. The number of hydrogen-bond donors (Lipinski definition) is 0. The molecule has 0 atom stereocenters. The zero-order chi connectivity index (χ0) is 22.4. The van der Waals surface area contributed by atoms with Gasteiger partial charge in [-0.05, 0) is 37.1 Å². The van der Waals surface area contributed by atoms with Gasteiger partial charge in [0.05, 0.1) is 33.3 Å². The van der Waals surface area contributed by atoms with Crippen LogP contribution < -0.4 is 18.9 Å². The van der Waals surface area contributed by atoms with Gasteiger partial charge in [0.15, 0.2) is 11.5 Å². The van der Waals surface area contributed by atoms with Crippen molar-refractivity contribution in [2.75, 3.05) is 41.5 Å². The lowest BCUT2D eigenvalue weighted by atomic mass is 10.2. The van der Waals surface area contributed by atoms with Crippen LogP contribution in [0.3, 0.4) is 0 Å². The summed E-state index contributed by atoms with van der Waals surface area (Å²) in [4.78, 5) is 4.69. The zero-order valence-electron chi connectivity index (χ0n) is 18.3. The van der Waals surface area contributed by atoms with E-state index >= 15 is 0 Å². The number of rotatable bonds is 8. The molecule has 9 heteroatoms. The molecule has 1 aliphatic rings. The normalized spacial score (nSPS) is 15.1. The number of aliphatic imine (C=N–C) groups is 1. The topological polar surface area (TPSA) is 86.7 Å². The number of hydrogen-bond acceptors (Lipinski definition) is 7. The van der Waals surface area contributed by atoms with Crippen LogP contribution in [0.4, 0.5) is 5.69 Å². The first-order valence-corrected chi connectivity index (χ1v) is 11.4. The minimum Gasteiger partial charge on any atom is -0.494 e. The van der Waals surface area contributed by atoms with Gasteiger partial charge in [0, 0.05) is 30.9 Å². The quantitative estimate of drug-likeness (QED) is 0.573. The Morgan fingerprint density at radius 3 is 2.00 bits per heavy atom. The van der Waals surface area contributed by atoms with Crippen LogP contribution in [-0.2, 0) is 10.0 Å². The largest absolute Gasteiger partial charge is 0.494 e. The summed E-state index contributed by atoms with van der Waals surface area (Å²) in [5.41, 5.74) is 1.23. The second-order valence-corrected chi connectivity index (χ2v) is 8.95. The summed E-state index contributed by atoms with van der Waals surface area (Å²) < 4.78 is 48.9. The molecule has 31 heavy (non-hydrogen) atoms. The van der Waals surface area contributed by atoms with Crippen LogP contribution in [0.5, 0.6) is 23.0 Å². The molecule has 1 heterocycles. The standard InChI is InChI=1S/C22H28N2O6S/c1-27-19-14-17(31(25,26)24-10-6-5-7-11-24)8-9-18(19)23-15-16-12-20(28-2)22(30-4)21(13-16)29-3/h8-9,12-15H,5-7,10-11H2,1-4H3. The maximum absolute atomic E-state index is 12.9. The highest BCUT2D eigenvalue weighted by Gasteiger charge is 2.26. The van der Waals surface area contributed by atoms with E-state index in [0.717, 1.165) is 24.8 Å².